The molecule has 0 unspecified atom stereocenters. The standard InChI is InChI=1S/C23H41ClN/c1-2-3-4-5-6-7-8-9-10-11-12-13-14-15-16-18-21-25-22-19-17-20-23(25)24/h17,19-20,22H,2-16,18,21H2,1H3/q+1. The SMILES string of the molecule is CCCCCCCCCCCCCCCCCC[n+]1ccccc1Cl. The average Bonchev–Trinajstić information content (AvgIpc) is 2.63. The largest absolute Gasteiger partial charge is 0.274 e. The Kier molecular flexibility index (Phi) is 15.2. The van der Waals surface area contributed by atoms with Crippen LogP contribution in [0, 0.1) is 0 Å². The summed E-state index contributed by atoms with van der Waals surface area (Å²) in [6.07, 6.45) is 24.8. The lowest BCUT2D eigenvalue weighted by molar-refractivity contribution is -0.695. The molecule has 0 atom stereocenters. The van der Waals surface area contributed by atoms with Gasteiger partial charge in [0.05, 0.1) is 0 Å². The second kappa shape index (κ2) is 16.9. The number of hydrogen-bond donors (Lipinski definition) is 0. The lowest BCUT2D eigenvalue weighted by atomic mass is 10.0. The first-order valence-electron chi connectivity index (χ1n) is 11.0. The molecule has 0 saturated heterocycles. The number of halogens is 1. The van der Waals surface area contributed by atoms with Crippen LogP contribution < -0.4 is 4.57 Å². The van der Waals surface area contributed by atoms with Gasteiger partial charge in [0.25, 0.3) is 5.15 Å². The highest BCUT2D eigenvalue weighted by Gasteiger charge is 2.04. The number of aromatic nitrogens is 1. The third-order valence-corrected chi connectivity index (χ3v) is 5.48. The zero-order valence-corrected chi connectivity index (χ0v) is 17.4. The number of hydrogen-bond acceptors (Lipinski definition) is 0. The lowest BCUT2D eigenvalue weighted by Crippen LogP contribution is -2.34. The topological polar surface area (TPSA) is 3.88 Å². The van der Waals surface area contributed by atoms with Gasteiger partial charge in [-0.15, -0.1) is 0 Å². The van der Waals surface area contributed by atoms with Crippen LogP contribution in [-0.4, -0.2) is 0 Å². The maximum absolute atomic E-state index is 6.16. The van der Waals surface area contributed by atoms with Crippen molar-refractivity contribution >= 4 is 11.6 Å². The van der Waals surface area contributed by atoms with Crippen molar-refractivity contribution in [2.45, 2.75) is 116 Å². The molecule has 1 aromatic rings. The molecule has 0 radical (unpaired) electrons. The molecule has 2 heteroatoms. The van der Waals surface area contributed by atoms with Crippen molar-refractivity contribution in [2.24, 2.45) is 0 Å². The smallest absolute Gasteiger partial charge is 0.189 e. The molecule has 0 spiro atoms. The van der Waals surface area contributed by atoms with Crippen molar-refractivity contribution < 1.29 is 4.57 Å². The van der Waals surface area contributed by atoms with Gasteiger partial charge < -0.3 is 0 Å². The van der Waals surface area contributed by atoms with Gasteiger partial charge in [-0.3, -0.25) is 0 Å². The monoisotopic (exact) mass is 366 g/mol. The molecule has 1 aromatic heterocycles. The molecule has 1 nitrogen and oxygen atoms in total. The van der Waals surface area contributed by atoms with E-state index in [0.29, 0.717) is 0 Å². The van der Waals surface area contributed by atoms with Crippen molar-refractivity contribution in [3.05, 3.63) is 29.5 Å². The second-order valence-electron chi connectivity index (χ2n) is 7.52. The molecular weight excluding hydrogens is 326 g/mol. The maximum Gasteiger partial charge on any atom is 0.274 e. The maximum atomic E-state index is 6.16. The molecule has 1 rings (SSSR count). The third-order valence-electron chi connectivity index (χ3n) is 5.14. The van der Waals surface area contributed by atoms with Crippen molar-refractivity contribution in [2.75, 3.05) is 0 Å². The zero-order chi connectivity index (χ0) is 18.0. The van der Waals surface area contributed by atoms with Gasteiger partial charge in [-0.1, -0.05) is 96.8 Å². The Labute approximate surface area is 162 Å². The minimum atomic E-state index is 0.850. The fourth-order valence-corrected chi connectivity index (χ4v) is 3.68. The van der Waals surface area contributed by atoms with Gasteiger partial charge in [-0.05, 0) is 24.1 Å². The highest BCUT2D eigenvalue weighted by Crippen LogP contribution is 2.13. The first-order valence-corrected chi connectivity index (χ1v) is 11.4. The van der Waals surface area contributed by atoms with Crippen LogP contribution in [0.5, 0.6) is 0 Å². The summed E-state index contributed by atoms with van der Waals surface area (Å²) in [5, 5.41) is 0.850. The van der Waals surface area contributed by atoms with E-state index in [1.165, 1.54) is 103 Å². The number of pyridine rings is 1. The van der Waals surface area contributed by atoms with Gasteiger partial charge in [-0.25, -0.2) is 0 Å². The molecule has 25 heavy (non-hydrogen) atoms. The van der Waals surface area contributed by atoms with Crippen LogP contribution >= 0.6 is 11.6 Å². The second-order valence-corrected chi connectivity index (χ2v) is 7.91. The van der Waals surface area contributed by atoms with Crippen LogP contribution in [0.4, 0.5) is 0 Å². The van der Waals surface area contributed by atoms with Gasteiger partial charge in [-0.2, -0.15) is 4.57 Å². The van der Waals surface area contributed by atoms with Crippen molar-refractivity contribution in [1.82, 2.24) is 0 Å². The van der Waals surface area contributed by atoms with E-state index < -0.39 is 0 Å². The summed E-state index contributed by atoms with van der Waals surface area (Å²) in [5.41, 5.74) is 0. The highest BCUT2D eigenvalue weighted by atomic mass is 35.5. The van der Waals surface area contributed by atoms with E-state index in [1.54, 1.807) is 0 Å². The molecule has 0 N–H and O–H groups in total. The molecule has 0 saturated carbocycles. The summed E-state index contributed by atoms with van der Waals surface area (Å²) < 4.78 is 2.14. The van der Waals surface area contributed by atoms with E-state index in [1.807, 2.05) is 12.1 Å². The molecule has 0 bridgehead atoms. The van der Waals surface area contributed by atoms with E-state index in [-0.39, 0.29) is 0 Å². The molecule has 0 aliphatic carbocycles. The predicted molar refractivity (Wildman–Crippen MR) is 111 cm³/mol. The van der Waals surface area contributed by atoms with Gasteiger partial charge in [0.1, 0.15) is 6.54 Å². The number of rotatable bonds is 17. The molecule has 144 valence electrons. The van der Waals surface area contributed by atoms with Crippen LogP contribution in [0.3, 0.4) is 0 Å². The fourth-order valence-electron chi connectivity index (χ4n) is 3.47. The average molecular weight is 367 g/mol. The highest BCUT2D eigenvalue weighted by molar-refractivity contribution is 6.28. The van der Waals surface area contributed by atoms with Gasteiger partial charge >= 0.3 is 0 Å². The number of nitrogens with zero attached hydrogens (tertiary/aromatic N) is 1. The Morgan fingerprint density at radius 2 is 1.08 bits per heavy atom. The van der Waals surface area contributed by atoms with Gasteiger partial charge in [0.15, 0.2) is 6.20 Å². The summed E-state index contributed by atoms with van der Waals surface area (Å²) in [4.78, 5) is 0. The van der Waals surface area contributed by atoms with Crippen molar-refractivity contribution in [3.8, 4) is 0 Å². The molecular formula is C23H41ClN+. The summed E-state index contributed by atoms with van der Waals surface area (Å²) in [6, 6.07) is 6.01. The first-order chi connectivity index (χ1) is 12.3. The minimum absolute atomic E-state index is 0.850. The van der Waals surface area contributed by atoms with Crippen molar-refractivity contribution in [1.29, 1.82) is 0 Å². The third kappa shape index (κ3) is 13.3. The Morgan fingerprint density at radius 3 is 1.52 bits per heavy atom. The van der Waals surface area contributed by atoms with E-state index in [9.17, 15) is 0 Å². The Hall–Kier alpha value is -0.560. The minimum Gasteiger partial charge on any atom is -0.189 e. The van der Waals surface area contributed by atoms with Crippen LogP contribution in [0.25, 0.3) is 0 Å². The van der Waals surface area contributed by atoms with E-state index in [4.69, 9.17) is 11.6 Å². The fraction of sp³-hybridized carbons (Fsp3) is 0.783. The molecule has 0 aliphatic heterocycles. The lowest BCUT2D eigenvalue weighted by Gasteiger charge is -2.03. The zero-order valence-electron chi connectivity index (χ0n) is 16.7. The number of unbranched alkanes of at least 4 members (excludes halogenated alkanes) is 15. The Bertz CT molecular complexity index is 405. The van der Waals surface area contributed by atoms with E-state index >= 15 is 0 Å². The predicted octanol–water partition coefficient (Wildman–Crippen LogP) is 7.89. The molecule has 0 fully saturated rings. The molecule has 1 heterocycles. The van der Waals surface area contributed by atoms with E-state index in [2.05, 4.69) is 23.8 Å². The van der Waals surface area contributed by atoms with Crippen LogP contribution in [0.1, 0.15) is 110 Å². The summed E-state index contributed by atoms with van der Waals surface area (Å²) >= 11 is 6.16. The van der Waals surface area contributed by atoms with E-state index in [0.717, 1.165) is 11.7 Å². The van der Waals surface area contributed by atoms with Crippen molar-refractivity contribution in [3.63, 3.8) is 0 Å². The van der Waals surface area contributed by atoms with Crippen LogP contribution in [0.2, 0.25) is 5.15 Å². The molecule has 0 aromatic carbocycles. The Balaban J connectivity index is 1.75. The quantitative estimate of drug-likeness (QED) is 0.150. The summed E-state index contributed by atoms with van der Waals surface area (Å²) in [7, 11) is 0. The molecule has 0 aliphatic rings. The summed E-state index contributed by atoms with van der Waals surface area (Å²) in [6.45, 7) is 3.35. The Morgan fingerprint density at radius 1 is 0.640 bits per heavy atom. The number of aryl methyl sites for hydroxylation is 1. The van der Waals surface area contributed by atoms with Crippen LogP contribution in [-0.2, 0) is 6.54 Å². The first kappa shape index (κ1) is 22.5. The van der Waals surface area contributed by atoms with Crippen LogP contribution in [0.15, 0.2) is 24.4 Å². The summed E-state index contributed by atoms with van der Waals surface area (Å²) in [5.74, 6) is 0. The molecule has 0 amide bonds. The van der Waals surface area contributed by atoms with Gasteiger partial charge in [0.2, 0.25) is 0 Å². The van der Waals surface area contributed by atoms with Gasteiger partial charge in [0, 0.05) is 18.6 Å². The normalized spacial score (nSPS) is 11.1.